The number of hydrogen-bond acceptors (Lipinski definition) is 2. The highest BCUT2D eigenvalue weighted by Crippen LogP contribution is 2.27. The lowest BCUT2D eigenvalue weighted by atomic mass is 10.0. The number of hydrogen-bond donors (Lipinski definition) is 1. The smallest absolute Gasteiger partial charge is 0.256 e. The van der Waals surface area contributed by atoms with Gasteiger partial charge in [0.2, 0.25) is 0 Å². The quantitative estimate of drug-likeness (QED) is 0.843. The summed E-state index contributed by atoms with van der Waals surface area (Å²) >= 11 is 6.08. The molecule has 1 atom stereocenters. The molecular weight excluding hydrogens is 284 g/mol. The van der Waals surface area contributed by atoms with E-state index in [-0.39, 0.29) is 5.91 Å². The second kappa shape index (κ2) is 7.69. The third-order valence-electron chi connectivity index (χ3n) is 4.05. The van der Waals surface area contributed by atoms with E-state index in [2.05, 4.69) is 19.2 Å². The van der Waals surface area contributed by atoms with Gasteiger partial charge < -0.3 is 10.2 Å². The number of nitrogens with one attached hydrogen (secondary N) is 1. The van der Waals surface area contributed by atoms with E-state index in [0.29, 0.717) is 16.5 Å². The molecule has 1 heterocycles. The summed E-state index contributed by atoms with van der Waals surface area (Å²) in [5.41, 5.74) is 1.60. The van der Waals surface area contributed by atoms with Crippen LogP contribution in [0, 0.1) is 5.92 Å². The molecule has 0 aromatic heterocycles. The van der Waals surface area contributed by atoms with Crippen LogP contribution in [0.2, 0.25) is 5.02 Å². The summed E-state index contributed by atoms with van der Waals surface area (Å²) in [6, 6.07) is 5.53. The number of carbonyl (C=O) groups is 1. The van der Waals surface area contributed by atoms with Crippen molar-refractivity contribution in [2.24, 2.45) is 5.92 Å². The Kier molecular flexibility index (Phi) is 5.92. The highest BCUT2D eigenvalue weighted by atomic mass is 35.5. The summed E-state index contributed by atoms with van der Waals surface area (Å²) < 4.78 is 0. The first kappa shape index (κ1) is 16.2. The lowest BCUT2D eigenvalue weighted by Gasteiger charge is -2.19. The molecule has 1 fully saturated rings. The minimum atomic E-state index is 0.106. The molecule has 1 aliphatic rings. The van der Waals surface area contributed by atoms with Crippen molar-refractivity contribution in [1.82, 2.24) is 4.90 Å². The van der Waals surface area contributed by atoms with E-state index >= 15 is 0 Å². The van der Waals surface area contributed by atoms with Gasteiger partial charge in [-0.25, -0.2) is 0 Å². The van der Waals surface area contributed by atoms with Crippen molar-refractivity contribution in [2.75, 3.05) is 25.0 Å². The molecule has 0 saturated carbocycles. The van der Waals surface area contributed by atoms with Gasteiger partial charge >= 0.3 is 0 Å². The van der Waals surface area contributed by atoms with Gasteiger partial charge in [0.1, 0.15) is 0 Å². The predicted molar refractivity (Wildman–Crippen MR) is 89.2 cm³/mol. The van der Waals surface area contributed by atoms with Gasteiger partial charge in [-0.1, -0.05) is 31.9 Å². The number of likely N-dealkylation sites (tertiary alicyclic amines) is 1. The third-order valence-corrected chi connectivity index (χ3v) is 4.28. The third kappa shape index (κ3) is 4.13. The SMILES string of the molecule is CCCNc1ccc(Cl)cc1C(=O)N1CCC(CCC)C1. The van der Waals surface area contributed by atoms with Crippen LogP contribution in [-0.2, 0) is 0 Å². The van der Waals surface area contributed by atoms with Crippen LogP contribution in [0.15, 0.2) is 18.2 Å². The standard InChI is InChI=1S/C17H25ClN2O/c1-3-5-13-8-10-20(12-13)17(21)15-11-14(18)6-7-16(15)19-9-4-2/h6-7,11,13,19H,3-5,8-10,12H2,1-2H3. The van der Waals surface area contributed by atoms with Crippen molar-refractivity contribution in [1.29, 1.82) is 0 Å². The van der Waals surface area contributed by atoms with E-state index in [4.69, 9.17) is 11.6 Å². The highest BCUT2D eigenvalue weighted by molar-refractivity contribution is 6.31. The fraction of sp³-hybridized carbons (Fsp3) is 0.588. The fourth-order valence-electron chi connectivity index (χ4n) is 2.94. The minimum Gasteiger partial charge on any atom is -0.384 e. The van der Waals surface area contributed by atoms with Crippen LogP contribution >= 0.6 is 11.6 Å². The minimum absolute atomic E-state index is 0.106. The van der Waals surface area contributed by atoms with E-state index in [1.165, 1.54) is 12.8 Å². The van der Waals surface area contributed by atoms with Crippen molar-refractivity contribution >= 4 is 23.2 Å². The van der Waals surface area contributed by atoms with Crippen LogP contribution in [0.25, 0.3) is 0 Å². The van der Waals surface area contributed by atoms with Crippen molar-refractivity contribution in [3.8, 4) is 0 Å². The highest BCUT2D eigenvalue weighted by Gasteiger charge is 2.27. The Bertz CT molecular complexity index is 490. The zero-order valence-corrected chi connectivity index (χ0v) is 13.7. The van der Waals surface area contributed by atoms with Gasteiger partial charge in [0.05, 0.1) is 5.56 Å². The van der Waals surface area contributed by atoms with E-state index in [1.807, 2.05) is 17.0 Å². The molecule has 1 saturated heterocycles. The van der Waals surface area contributed by atoms with Crippen LogP contribution in [0.1, 0.15) is 49.9 Å². The fourth-order valence-corrected chi connectivity index (χ4v) is 3.11. The van der Waals surface area contributed by atoms with Crippen LogP contribution < -0.4 is 5.32 Å². The monoisotopic (exact) mass is 308 g/mol. The Morgan fingerprint density at radius 3 is 2.90 bits per heavy atom. The first-order valence-corrected chi connectivity index (χ1v) is 8.36. The lowest BCUT2D eigenvalue weighted by Crippen LogP contribution is -2.29. The molecule has 116 valence electrons. The Balaban J connectivity index is 2.12. The number of rotatable bonds is 6. The number of anilines is 1. The average Bonchev–Trinajstić information content (AvgIpc) is 2.94. The van der Waals surface area contributed by atoms with Gasteiger partial charge in [-0.15, -0.1) is 0 Å². The van der Waals surface area contributed by atoms with Gasteiger partial charge in [-0.2, -0.15) is 0 Å². The van der Waals surface area contributed by atoms with Gasteiger partial charge in [-0.3, -0.25) is 4.79 Å². The van der Waals surface area contributed by atoms with Crippen LogP contribution in [0.3, 0.4) is 0 Å². The van der Waals surface area contributed by atoms with Gasteiger partial charge in [0.25, 0.3) is 5.91 Å². The molecule has 0 spiro atoms. The zero-order valence-electron chi connectivity index (χ0n) is 13.0. The van der Waals surface area contributed by atoms with E-state index < -0.39 is 0 Å². The van der Waals surface area contributed by atoms with Gasteiger partial charge in [0, 0.05) is 30.3 Å². The molecule has 0 radical (unpaired) electrons. The Morgan fingerprint density at radius 2 is 2.19 bits per heavy atom. The van der Waals surface area contributed by atoms with Gasteiger partial charge in [0.15, 0.2) is 0 Å². The Labute approximate surface area is 132 Å². The molecule has 0 bridgehead atoms. The maximum absolute atomic E-state index is 12.8. The summed E-state index contributed by atoms with van der Waals surface area (Å²) in [5, 5.41) is 3.94. The molecule has 0 aliphatic carbocycles. The van der Waals surface area contributed by atoms with Gasteiger partial charge in [-0.05, 0) is 43.4 Å². The summed E-state index contributed by atoms with van der Waals surface area (Å²) in [6.07, 6.45) is 4.55. The zero-order chi connectivity index (χ0) is 15.2. The molecule has 1 unspecified atom stereocenters. The normalized spacial score (nSPS) is 18.0. The summed E-state index contributed by atoms with van der Waals surface area (Å²) in [4.78, 5) is 14.7. The molecule has 1 aromatic rings. The van der Waals surface area contributed by atoms with Crippen molar-refractivity contribution in [3.05, 3.63) is 28.8 Å². The van der Waals surface area contributed by atoms with Crippen LogP contribution in [-0.4, -0.2) is 30.4 Å². The number of benzene rings is 1. The van der Waals surface area contributed by atoms with E-state index in [0.717, 1.165) is 38.2 Å². The largest absolute Gasteiger partial charge is 0.384 e. The average molecular weight is 309 g/mol. The summed E-state index contributed by atoms with van der Waals surface area (Å²) in [6.45, 7) is 6.92. The molecule has 1 aliphatic heterocycles. The van der Waals surface area contributed by atoms with Crippen LogP contribution in [0.5, 0.6) is 0 Å². The summed E-state index contributed by atoms with van der Waals surface area (Å²) in [5.74, 6) is 0.764. The topological polar surface area (TPSA) is 32.3 Å². The lowest BCUT2D eigenvalue weighted by molar-refractivity contribution is 0.0787. The van der Waals surface area contributed by atoms with Crippen molar-refractivity contribution in [3.63, 3.8) is 0 Å². The summed E-state index contributed by atoms with van der Waals surface area (Å²) in [7, 11) is 0. The maximum Gasteiger partial charge on any atom is 0.256 e. The maximum atomic E-state index is 12.8. The second-order valence-electron chi connectivity index (χ2n) is 5.81. The molecule has 3 nitrogen and oxygen atoms in total. The molecular formula is C17H25ClN2O. The first-order chi connectivity index (χ1) is 10.2. The molecule has 21 heavy (non-hydrogen) atoms. The number of nitrogens with zero attached hydrogens (tertiary/aromatic N) is 1. The second-order valence-corrected chi connectivity index (χ2v) is 6.25. The molecule has 4 heteroatoms. The Hall–Kier alpha value is -1.22. The van der Waals surface area contributed by atoms with Crippen molar-refractivity contribution in [2.45, 2.75) is 39.5 Å². The Morgan fingerprint density at radius 1 is 1.38 bits per heavy atom. The molecule has 1 amide bonds. The number of amides is 1. The van der Waals surface area contributed by atoms with E-state index in [9.17, 15) is 4.79 Å². The predicted octanol–water partition coefficient (Wildman–Crippen LogP) is 4.42. The molecule has 2 rings (SSSR count). The number of carbonyl (C=O) groups excluding carboxylic acids is 1. The molecule has 1 N–H and O–H groups in total. The number of halogens is 1. The molecule has 1 aromatic carbocycles. The van der Waals surface area contributed by atoms with E-state index in [1.54, 1.807) is 6.07 Å². The first-order valence-electron chi connectivity index (χ1n) is 7.98. The van der Waals surface area contributed by atoms with Crippen molar-refractivity contribution < 1.29 is 4.79 Å². The van der Waals surface area contributed by atoms with Crippen LogP contribution in [0.4, 0.5) is 5.69 Å².